The van der Waals surface area contributed by atoms with Crippen molar-refractivity contribution in [2.45, 2.75) is 49.6 Å². The monoisotopic (exact) mass is 480 g/mol. The van der Waals surface area contributed by atoms with Gasteiger partial charge < -0.3 is 10.1 Å². The third-order valence-corrected chi connectivity index (χ3v) is 6.99. The molecular formula is C21H25BrN2O4S. The number of carbonyl (C=O) groups excluding carboxylic acids is 1. The number of benzene rings is 2. The molecule has 2 aromatic carbocycles. The highest BCUT2D eigenvalue weighted by atomic mass is 79.9. The maximum Gasteiger partial charge on any atom is 0.258 e. The number of sulfonamides is 1. The second-order valence-corrected chi connectivity index (χ2v) is 9.83. The van der Waals surface area contributed by atoms with Gasteiger partial charge in [-0.2, -0.15) is 0 Å². The van der Waals surface area contributed by atoms with Gasteiger partial charge in [-0.3, -0.25) is 4.79 Å². The van der Waals surface area contributed by atoms with Gasteiger partial charge in [0, 0.05) is 10.5 Å². The zero-order valence-corrected chi connectivity index (χ0v) is 18.6. The summed E-state index contributed by atoms with van der Waals surface area (Å²) < 4.78 is 34.1. The predicted molar refractivity (Wildman–Crippen MR) is 115 cm³/mol. The molecule has 1 amide bonds. The lowest BCUT2D eigenvalue weighted by atomic mass is 10.1. The lowest BCUT2D eigenvalue weighted by molar-refractivity contribution is -0.123. The molecule has 3 rings (SSSR count). The zero-order chi connectivity index (χ0) is 20.9. The molecule has 0 unspecified atom stereocenters. The van der Waals surface area contributed by atoms with Crippen LogP contribution in [-0.4, -0.2) is 27.0 Å². The van der Waals surface area contributed by atoms with E-state index < -0.39 is 10.0 Å². The summed E-state index contributed by atoms with van der Waals surface area (Å²) in [4.78, 5) is 12.3. The standard InChI is InChI=1S/C21H25BrN2O4S/c1-15(16-6-8-17(22)9-7-16)23-21(25)14-28-19-10-12-20(13-11-19)29(26,27)24-18-4-2-3-5-18/h6-13,15,18,24H,2-5,14H2,1H3,(H,23,25)/t15-/m1/s1. The van der Waals surface area contributed by atoms with Crippen LogP contribution in [0.15, 0.2) is 57.9 Å². The minimum absolute atomic E-state index is 0.0207. The second-order valence-electron chi connectivity index (χ2n) is 7.20. The summed E-state index contributed by atoms with van der Waals surface area (Å²) >= 11 is 3.39. The Hall–Kier alpha value is -1.90. The number of carbonyl (C=O) groups is 1. The van der Waals surface area contributed by atoms with E-state index in [1.54, 1.807) is 12.1 Å². The molecule has 1 atom stereocenters. The summed E-state index contributed by atoms with van der Waals surface area (Å²) in [5, 5.41) is 2.88. The Balaban J connectivity index is 1.50. The van der Waals surface area contributed by atoms with Crippen molar-refractivity contribution in [3.8, 4) is 5.75 Å². The molecule has 0 aromatic heterocycles. The third kappa shape index (κ3) is 6.29. The first-order valence-electron chi connectivity index (χ1n) is 9.63. The predicted octanol–water partition coefficient (Wildman–Crippen LogP) is 3.93. The molecule has 1 aliphatic rings. The highest BCUT2D eigenvalue weighted by molar-refractivity contribution is 9.10. The molecule has 0 bridgehead atoms. The summed E-state index contributed by atoms with van der Waals surface area (Å²) in [6, 6.07) is 13.7. The van der Waals surface area contributed by atoms with Crippen LogP contribution in [0.2, 0.25) is 0 Å². The SMILES string of the molecule is C[C@@H](NC(=O)COc1ccc(S(=O)(=O)NC2CCCC2)cc1)c1ccc(Br)cc1. The maximum atomic E-state index is 12.4. The van der Waals surface area contributed by atoms with E-state index in [-0.39, 0.29) is 29.5 Å². The quantitative estimate of drug-likeness (QED) is 0.599. The van der Waals surface area contributed by atoms with Crippen molar-refractivity contribution in [1.29, 1.82) is 0 Å². The molecular weight excluding hydrogens is 456 g/mol. The highest BCUT2D eigenvalue weighted by Crippen LogP contribution is 2.22. The largest absolute Gasteiger partial charge is 0.484 e. The van der Waals surface area contributed by atoms with Gasteiger partial charge in [-0.1, -0.05) is 40.9 Å². The average Bonchev–Trinajstić information content (AvgIpc) is 3.19. The fourth-order valence-corrected chi connectivity index (χ4v) is 4.88. The molecule has 29 heavy (non-hydrogen) atoms. The van der Waals surface area contributed by atoms with Gasteiger partial charge in [0.2, 0.25) is 10.0 Å². The number of halogens is 1. The number of amides is 1. The van der Waals surface area contributed by atoms with Gasteiger partial charge in [-0.25, -0.2) is 13.1 Å². The second kappa shape index (κ2) is 9.73. The van der Waals surface area contributed by atoms with Crippen LogP contribution in [0.5, 0.6) is 5.75 Å². The van der Waals surface area contributed by atoms with Gasteiger partial charge in [0.15, 0.2) is 6.61 Å². The van der Waals surface area contributed by atoms with E-state index in [0.717, 1.165) is 35.7 Å². The summed E-state index contributed by atoms with van der Waals surface area (Å²) in [5.74, 6) is 0.191. The number of ether oxygens (including phenoxy) is 1. The molecule has 1 aliphatic carbocycles. The Kier molecular flexibility index (Phi) is 7.32. The van der Waals surface area contributed by atoms with Gasteiger partial charge in [0.05, 0.1) is 10.9 Å². The molecule has 0 saturated heterocycles. The summed E-state index contributed by atoms with van der Waals surface area (Å²) in [6.07, 6.45) is 3.88. The lowest BCUT2D eigenvalue weighted by Gasteiger charge is -2.15. The van der Waals surface area contributed by atoms with Crippen LogP contribution in [0.3, 0.4) is 0 Å². The van der Waals surface area contributed by atoms with Crippen molar-refractivity contribution < 1.29 is 17.9 Å². The molecule has 0 aliphatic heterocycles. The number of nitrogens with one attached hydrogen (secondary N) is 2. The molecule has 0 spiro atoms. The van der Waals surface area contributed by atoms with Crippen molar-refractivity contribution in [2.24, 2.45) is 0 Å². The summed E-state index contributed by atoms with van der Waals surface area (Å²) in [6.45, 7) is 1.76. The molecule has 0 heterocycles. The van der Waals surface area contributed by atoms with Crippen molar-refractivity contribution >= 4 is 31.9 Å². The van der Waals surface area contributed by atoms with E-state index in [2.05, 4.69) is 26.0 Å². The van der Waals surface area contributed by atoms with Crippen LogP contribution in [0.25, 0.3) is 0 Å². The van der Waals surface area contributed by atoms with Gasteiger partial charge in [0.1, 0.15) is 5.75 Å². The first kappa shape index (κ1) is 21.8. The molecule has 6 nitrogen and oxygen atoms in total. The molecule has 0 radical (unpaired) electrons. The molecule has 156 valence electrons. The van der Waals surface area contributed by atoms with E-state index in [4.69, 9.17) is 4.74 Å². The first-order chi connectivity index (χ1) is 13.8. The molecule has 8 heteroatoms. The maximum absolute atomic E-state index is 12.4. The normalized spacial score (nSPS) is 15.8. The first-order valence-corrected chi connectivity index (χ1v) is 11.9. The Morgan fingerprint density at radius 1 is 1.10 bits per heavy atom. The average molecular weight is 481 g/mol. The molecule has 2 N–H and O–H groups in total. The van der Waals surface area contributed by atoms with Crippen LogP contribution in [0, 0.1) is 0 Å². The van der Waals surface area contributed by atoms with Crippen LogP contribution in [0.4, 0.5) is 0 Å². The third-order valence-electron chi connectivity index (χ3n) is 4.93. The fourth-order valence-electron chi connectivity index (χ4n) is 3.31. The van der Waals surface area contributed by atoms with E-state index >= 15 is 0 Å². The van der Waals surface area contributed by atoms with Crippen molar-refractivity contribution in [2.75, 3.05) is 6.61 Å². The van der Waals surface area contributed by atoms with Crippen LogP contribution in [0.1, 0.15) is 44.2 Å². The van der Waals surface area contributed by atoms with Crippen LogP contribution < -0.4 is 14.8 Å². The minimum Gasteiger partial charge on any atom is -0.484 e. The Labute approximate surface area is 180 Å². The Morgan fingerprint density at radius 2 is 1.72 bits per heavy atom. The Morgan fingerprint density at radius 3 is 2.34 bits per heavy atom. The van der Waals surface area contributed by atoms with Crippen molar-refractivity contribution in [3.63, 3.8) is 0 Å². The van der Waals surface area contributed by atoms with Crippen LogP contribution in [-0.2, 0) is 14.8 Å². The number of rotatable bonds is 8. The van der Waals surface area contributed by atoms with Crippen molar-refractivity contribution in [3.05, 3.63) is 58.6 Å². The minimum atomic E-state index is -3.53. The topological polar surface area (TPSA) is 84.5 Å². The van der Waals surface area contributed by atoms with Gasteiger partial charge in [0.25, 0.3) is 5.91 Å². The van der Waals surface area contributed by atoms with Gasteiger partial charge in [-0.15, -0.1) is 0 Å². The fraction of sp³-hybridized carbons (Fsp3) is 0.381. The van der Waals surface area contributed by atoms with Gasteiger partial charge in [-0.05, 0) is 61.7 Å². The molecule has 1 fully saturated rings. The van der Waals surface area contributed by atoms with Crippen molar-refractivity contribution in [1.82, 2.24) is 10.0 Å². The zero-order valence-electron chi connectivity index (χ0n) is 16.2. The lowest BCUT2D eigenvalue weighted by Crippen LogP contribution is -2.32. The van der Waals surface area contributed by atoms with E-state index in [1.165, 1.54) is 12.1 Å². The van der Waals surface area contributed by atoms with E-state index in [0.29, 0.717) is 5.75 Å². The number of hydrogen-bond acceptors (Lipinski definition) is 4. The number of hydrogen-bond donors (Lipinski definition) is 2. The molecule has 2 aromatic rings. The highest BCUT2D eigenvalue weighted by Gasteiger charge is 2.22. The smallest absolute Gasteiger partial charge is 0.258 e. The summed E-state index contributed by atoms with van der Waals surface area (Å²) in [7, 11) is -3.53. The Bertz CT molecular complexity index is 924. The van der Waals surface area contributed by atoms with E-state index in [1.807, 2.05) is 31.2 Å². The summed E-state index contributed by atoms with van der Waals surface area (Å²) in [5.41, 5.74) is 0.992. The molecule has 1 saturated carbocycles. The van der Waals surface area contributed by atoms with Crippen LogP contribution >= 0.6 is 15.9 Å². The van der Waals surface area contributed by atoms with E-state index in [9.17, 15) is 13.2 Å². The van der Waals surface area contributed by atoms with Gasteiger partial charge >= 0.3 is 0 Å².